The number of halogens is 1. The predicted octanol–water partition coefficient (Wildman–Crippen LogP) is 2.43. The fraction of sp³-hybridized carbons (Fsp3) is 0.467. The normalized spacial score (nSPS) is 17.9. The molecule has 1 saturated heterocycles. The van der Waals surface area contributed by atoms with Crippen LogP contribution in [-0.4, -0.2) is 42.5 Å². The van der Waals surface area contributed by atoms with Gasteiger partial charge in [0.15, 0.2) is 0 Å². The van der Waals surface area contributed by atoms with Gasteiger partial charge in [0, 0.05) is 24.5 Å². The van der Waals surface area contributed by atoms with Gasteiger partial charge in [-0.25, -0.2) is 0 Å². The molecule has 6 heteroatoms. The molecule has 1 aliphatic rings. The Kier molecular flexibility index (Phi) is 4.27. The lowest BCUT2D eigenvalue weighted by atomic mass is 9.96. The van der Waals surface area contributed by atoms with Crippen LogP contribution in [0.1, 0.15) is 20.8 Å². The molecule has 0 N–H and O–H groups in total. The van der Waals surface area contributed by atoms with Crippen molar-refractivity contribution in [1.29, 1.82) is 0 Å². The van der Waals surface area contributed by atoms with Gasteiger partial charge in [-0.1, -0.05) is 15.9 Å². The number of rotatable bonds is 2. The number of carbonyl (C=O) groups excluding carboxylic acids is 2. The highest BCUT2D eigenvalue weighted by Crippen LogP contribution is 2.35. The lowest BCUT2D eigenvalue weighted by molar-refractivity contribution is -0.145. The predicted molar refractivity (Wildman–Crippen MR) is 84.5 cm³/mol. The van der Waals surface area contributed by atoms with E-state index in [1.54, 1.807) is 30.8 Å². The van der Waals surface area contributed by atoms with E-state index in [0.29, 0.717) is 24.5 Å². The number of ether oxygens (including phenoxy) is 1. The van der Waals surface area contributed by atoms with Crippen LogP contribution in [0.15, 0.2) is 22.7 Å². The van der Waals surface area contributed by atoms with Crippen molar-refractivity contribution in [2.75, 3.05) is 25.1 Å². The molecular formula is C15H19BrN2O3. The molecule has 114 valence electrons. The van der Waals surface area contributed by atoms with E-state index >= 15 is 0 Å². The van der Waals surface area contributed by atoms with Crippen LogP contribution in [-0.2, 0) is 9.59 Å². The molecule has 0 bridgehead atoms. The van der Waals surface area contributed by atoms with E-state index in [2.05, 4.69) is 15.9 Å². The van der Waals surface area contributed by atoms with E-state index in [9.17, 15) is 9.59 Å². The van der Waals surface area contributed by atoms with Crippen molar-refractivity contribution in [1.82, 2.24) is 4.90 Å². The molecule has 1 aliphatic heterocycles. The highest BCUT2D eigenvalue weighted by atomic mass is 79.9. The molecule has 0 saturated carbocycles. The third-order valence-corrected chi connectivity index (χ3v) is 4.30. The summed E-state index contributed by atoms with van der Waals surface area (Å²) in [6.45, 7) is 5.99. The number of nitrogens with zero attached hydrogens (tertiary/aromatic N) is 2. The largest absolute Gasteiger partial charge is 0.495 e. The summed E-state index contributed by atoms with van der Waals surface area (Å²) >= 11 is 3.42. The number of hydrogen-bond acceptors (Lipinski definition) is 3. The molecule has 1 aromatic carbocycles. The molecule has 1 aromatic rings. The van der Waals surface area contributed by atoms with Gasteiger partial charge in [-0.05, 0) is 32.0 Å². The quantitative estimate of drug-likeness (QED) is 0.819. The number of benzene rings is 1. The summed E-state index contributed by atoms with van der Waals surface area (Å²) in [5, 5.41) is 0. The molecule has 2 amide bonds. The summed E-state index contributed by atoms with van der Waals surface area (Å²) in [5.74, 6) is 0.438. The molecule has 1 heterocycles. The molecular weight excluding hydrogens is 336 g/mol. The minimum Gasteiger partial charge on any atom is -0.495 e. The SMILES string of the molecule is COc1ccc(Br)cc1N1CCN(C(C)=O)C(C)(C)C1=O. The molecule has 2 rings (SSSR count). The van der Waals surface area contributed by atoms with Crippen molar-refractivity contribution in [3.63, 3.8) is 0 Å². The number of amides is 2. The number of anilines is 1. The average molecular weight is 355 g/mol. The van der Waals surface area contributed by atoms with Crippen LogP contribution in [0.3, 0.4) is 0 Å². The lowest BCUT2D eigenvalue weighted by Crippen LogP contribution is -2.64. The maximum Gasteiger partial charge on any atom is 0.252 e. The molecule has 0 aliphatic carbocycles. The zero-order chi connectivity index (χ0) is 15.8. The lowest BCUT2D eigenvalue weighted by Gasteiger charge is -2.45. The van der Waals surface area contributed by atoms with Gasteiger partial charge in [0.2, 0.25) is 5.91 Å². The first kappa shape index (κ1) is 15.8. The van der Waals surface area contributed by atoms with Gasteiger partial charge in [-0.3, -0.25) is 9.59 Å². The van der Waals surface area contributed by atoms with E-state index in [0.717, 1.165) is 4.47 Å². The van der Waals surface area contributed by atoms with Crippen LogP contribution in [0.25, 0.3) is 0 Å². The van der Waals surface area contributed by atoms with E-state index in [4.69, 9.17) is 4.74 Å². The zero-order valence-electron chi connectivity index (χ0n) is 12.6. The van der Waals surface area contributed by atoms with E-state index < -0.39 is 5.54 Å². The molecule has 0 radical (unpaired) electrons. The van der Waals surface area contributed by atoms with Gasteiger partial charge in [0.1, 0.15) is 11.3 Å². The highest BCUT2D eigenvalue weighted by Gasteiger charge is 2.44. The van der Waals surface area contributed by atoms with Crippen LogP contribution >= 0.6 is 15.9 Å². The molecule has 1 fully saturated rings. The molecule has 5 nitrogen and oxygen atoms in total. The fourth-order valence-corrected chi connectivity index (χ4v) is 3.03. The molecule has 0 atom stereocenters. The summed E-state index contributed by atoms with van der Waals surface area (Å²) < 4.78 is 6.22. The van der Waals surface area contributed by atoms with Crippen molar-refractivity contribution in [3.05, 3.63) is 22.7 Å². The molecule has 0 spiro atoms. The standard InChI is InChI=1S/C15H19BrN2O3/c1-10(19)18-8-7-17(14(20)15(18,2)3)12-9-11(16)5-6-13(12)21-4/h5-6,9H,7-8H2,1-4H3. The van der Waals surface area contributed by atoms with Gasteiger partial charge in [0.25, 0.3) is 5.91 Å². The Balaban J connectivity index is 2.42. The zero-order valence-corrected chi connectivity index (χ0v) is 14.2. The number of carbonyl (C=O) groups is 2. The second kappa shape index (κ2) is 5.67. The molecule has 21 heavy (non-hydrogen) atoms. The second-order valence-electron chi connectivity index (χ2n) is 5.50. The Morgan fingerprint density at radius 2 is 2.00 bits per heavy atom. The van der Waals surface area contributed by atoms with Crippen molar-refractivity contribution in [2.45, 2.75) is 26.3 Å². The van der Waals surface area contributed by atoms with Crippen molar-refractivity contribution in [3.8, 4) is 5.75 Å². The van der Waals surface area contributed by atoms with E-state index in [1.807, 2.05) is 18.2 Å². The van der Waals surface area contributed by atoms with Crippen LogP contribution in [0.5, 0.6) is 5.75 Å². The monoisotopic (exact) mass is 354 g/mol. The molecule has 0 aromatic heterocycles. The summed E-state index contributed by atoms with van der Waals surface area (Å²) in [6.07, 6.45) is 0. The Bertz CT molecular complexity index is 586. The number of piperazine rings is 1. The Morgan fingerprint density at radius 1 is 1.33 bits per heavy atom. The Morgan fingerprint density at radius 3 is 2.57 bits per heavy atom. The molecule has 0 unspecified atom stereocenters. The van der Waals surface area contributed by atoms with Crippen molar-refractivity contribution < 1.29 is 14.3 Å². The minimum absolute atomic E-state index is 0.0887. The van der Waals surface area contributed by atoms with Crippen LogP contribution in [0.2, 0.25) is 0 Å². The minimum atomic E-state index is -0.864. The van der Waals surface area contributed by atoms with Gasteiger partial charge >= 0.3 is 0 Å². The van der Waals surface area contributed by atoms with Gasteiger partial charge in [-0.15, -0.1) is 0 Å². The van der Waals surface area contributed by atoms with Crippen LogP contribution in [0, 0.1) is 0 Å². The third kappa shape index (κ3) is 2.77. The van der Waals surface area contributed by atoms with E-state index in [1.165, 1.54) is 6.92 Å². The summed E-state index contributed by atoms with van der Waals surface area (Å²) in [5.41, 5.74) is -0.148. The second-order valence-corrected chi connectivity index (χ2v) is 6.42. The van der Waals surface area contributed by atoms with Crippen LogP contribution < -0.4 is 9.64 Å². The Labute approximate surface area is 133 Å². The van der Waals surface area contributed by atoms with Gasteiger partial charge in [0.05, 0.1) is 12.8 Å². The van der Waals surface area contributed by atoms with Crippen molar-refractivity contribution >= 4 is 33.4 Å². The van der Waals surface area contributed by atoms with Gasteiger partial charge < -0.3 is 14.5 Å². The van der Waals surface area contributed by atoms with Gasteiger partial charge in [-0.2, -0.15) is 0 Å². The Hall–Kier alpha value is -1.56. The first-order valence-electron chi connectivity index (χ1n) is 6.72. The maximum atomic E-state index is 12.8. The summed E-state index contributed by atoms with van der Waals surface area (Å²) in [4.78, 5) is 27.8. The topological polar surface area (TPSA) is 49.9 Å². The first-order chi connectivity index (χ1) is 9.78. The highest BCUT2D eigenvalue weighted by molar-refractivity contribution is 9.10. The number of methoxy groups -OCH3 is 1. The maximum absolute atomic E-state index is 12.8. The third-order valence-electron chi connectivity index (χ3n) is 3.80. The summed E-state index contributed by atoms with van der Waals surface area (Å²) in [7, 11) is 1.58. The van der Waals surface area contributed by atoms with Crippen molar-refractivity contribution in [2.24, 2.45) is 0 Å². The average Bonchev–Trinajstić information content (AvgIpc) is 2.41. The van der Waals surface area contributed by atoms with E-state index in [-0.39, 0.29) is 11.8 Å². The number of hydrogen-bond donors (Lipinski definition) is 0. The summed E-state index contributed by atoms with van der Waals surface area (Å²) in [6, 6.07) is 5.54. The fourth-order valence-electron chi connectivity index (χ4n) is 2.68. The van der Waals surface area contributed by atoms with Crippen LogP contribution in [0.4, 0.5) is 5.69 Å². The smallest absolute Gasteiger partial charge is 0.252 e. The first-order valence-corrected chi connectivity index (χ1v) is 7.52.